The van der Waals surface area contributed by atoms with Gasteiger partial charge in [0.15, 0.2) is 0 Å². The summed E-state index contributed by atoms with van der Waals surface area (Å²) in [6, 6.07) is 14.1. The molecule has 0 saturated carbocycles. The first-order valence-corrected chi connectivity index (χ1v) is 7.71. The van der Waals surface area contributed by atoms with Crippen molar-refractivity contribution in [1.29, 1.82) is 0 Å². The minimum atomic E-state index is 0.571. The van der Waals surface area contributed by atoms with Gasteiger partial charge in [-0.2, -0.15) is 0 Å². The number of benzene rings is 2. The molecular weight excluding hydrogens is 300 g/mol. The van der Waals surface area contributed by atoms with Gasteiger partial charge in [0, 0.05) is 21.8 Å². The van der Waals surface area contributed by atoms with Gasteiger partial charge in [-0.25, -0.2) is 4.99 Å². The molecule has 0 fully saturated rings. The summed E-state index contributed by atoms with van der Waals surface area (Å²) in [5, 5.41) is 4.04. The third-order valence-electron chi connectivity index (χ3n) is 3.54. The average Bonchev–Trinajstić information content (AvgIpc) is 2.67. The van der Waals surface area contributed by atoms with E-state index in [0.29, 0.717) is 16.6 Å². The predicted molar refractivity (Wildman–Crippen MR) is 94.0 cm³/mol. The first-order valence-electron chi connectivity index (χ1n) is 6.92. The van der Waals surface area contributed by atoms with Crippen molar-refractivity contribution in [2.45, 2.75) is 13.3 Å². The Morgan fingerprint density at radius 1 is 1.19 bits per heavy atom. The normalized spacial score (nSPS) is 14.0. The molecule has 4 heteroatoms. The number of rotatable bonds is 2. The van der Waals surface area contributed by atoms with E-state index in [-0.39, 0.29) is 0 Å². The highest BCUT2D eigenvalue weighted by Crippen LogP contribution is 2.27. The van der Waals surface area contributed by atoms with Crippen LogP contribution in [-0.4, -0.2) is 17.2 Å². The van der Waals surface area contributed by atoms with E-state index in [1.54, 1.807) is 0 Å². The first-order chi connectivity index (χ1) is 10.2. The molecule has 0 atom stereocenters. The van der Waals surface area contributed by atoms with Crippen LogP contribution >= 0.6 is 23.8 Å². The van der Waals surface area contributed by atoms with Gasteiger partial charge in [0.1, 0.15) is 4.99 Å². The number of aliphatic imine (C=N–C) groups is 1. The van der Waals surface area contributed by atoms with Crippen LogP contribution in [0.1, 0.15) is 23.6 Å². The number of thiocarbonyl (C=S) groups is 1. The average molecular weight is 315 g/mol. The fourth-order valence-corrected chi connectivity index (χ4v) is 2.80. The summed E-state index contributed by atoms with van der Waals surface area (Å²) in [5.41, 5.74) is 5.14. The number of hydrogen-bond acceptors (Lipinski definition) is 2. The van der Waals surface area contributed by atoms with E-state index in [0.717, 1.165) is 28.9 Å². The van der Waals surface area contributed by atoms with Crippen molar-refractivity contribution in [2.75, 3.05) is 11.9 Å². The van der Waals surface area contributed by atoms with Crippen LogP contribution in [0, 0.1) is 0 Å². The summed E-state index contributed by atoms with van der Waals surface area (Å²) in [5.74, 6) is 0. The van der Waals surface area contributed by atoms with E-state index in [1.165, 1.54) is 5.56 Å². The zero-order chi connectivity index (χ0) is 14.8. The minimum absolute atomic E-state index is 0.571. The van der Waals surface area contributed by atoms with E-state index in [4.69, 9.17) is 23.8 Å². The molecular formula is C17H15ClN2S. The molecule has 0 spiro atoms. The van der Waals surface area contributed by atoms with Crippen molar-refractivity contribution >= 4 is 40.2 Å². The second-order valence-electron chi connectivity index (χ2n) is 4.92. The molecule has 21 heavy (non-hydrogen) atoms. The van der Waals surface area contributed by atoms with Crippen LogP contribution in [0.2, 0.25) is 5.02 Å². The Balaban J connectivity index is 2.23. The van der Waals surface area contributed by atoms with Crippen molar-refractivity contribution in [3.8, 4) is 0 Å². The van der Waals surface area contributed by atoms with Gasteiger partial charge in [-0.15, -0.1) is 0 Å². The first kappa shape index (κ1) is 14.2. The van der Waals surface area contributed by atoms with Crippen molar-refractivity contribution < 1.29 is 0 Å². The molecule has 2 aromatic rings. The predicted octanol–water partition coefficient (Wildman–Crippen LogP) is 4.49. The highest BCUT2D eigenvalue weighted by Gasteiger charge is 2.18. The number of halogens is 1. The number of fused-ring (bicyclic) bond motifs is 1. The molecule has 0 saturated heterocycles. The molecule has 0 aromatic heterocycles. The molecule has 0 aliphatic carbocycles. The maximum absolute atomic E-state index is 6.35. The molecule has 1 aliphatic heterocycles. The molecule has 2 aromatic carbocycles. The highest BCUT2D eigenvalue weighted by molar-refractivity contribution is 7.80. The second-order valence-corrected chi connectivity index (χ2v) is 5.80. The van der Waals surface area contributed by atoms with Crippen LogP contribution in [0.4, 0.5) is 5.69 Å². The molecule has 3 rings (SSSR count). The summed E-state index contributed by atoms with van der Waals surface area (Å²) in [6.45, 7) is 2.71. The largest absolute Gasteiger partial charge is 0.378 e. The third kappa shape index (κ3) is 2.85. The van der Waals surface area contributed by atoms with Gasteiger partial charge in [-0.05, 0) is 30.2 Å². The van der Waals surface area contributed by atoms with Crippen molar-refractivity contribution in [2.24, 2.45) is 4.99 Å². The van der Waals surface area contributed by atoms with Crippen LogP contribution in [-0.2, 0) is 6.42 Å². The van der Waals surface area contributed by atoms with Crippen LogP contribution in [0.3, 0.4) is 0 Å². The maximum atomic E-state index is 6.35. The Morgan fingerprint density at radius 2 is 2.00 bits per heavy atom. The van der Waals surface area contributed by atoms with E-state index in [2.05, 4.69) is 35.4 Å². The van der Waals surface area contributed by atoms with Crippen molar-refractivity contribution in [1.82, 2.24) is 0 Å². The molecule has 106 valence electrons. The lowest BCUT2D eigenvalue weighted by Crippen LogP contribution is -2.07. The zero-order valence-electron chi connectivity index (χ0n) is 11.7. The zero-order valence-corrected chi connectivity index (χ0v) is 13.3. The van der Waals surface area contributed by atoms with Crippen LogP contribution < -0.4 is 5.32 Å². The number of benzodiazepines with no additional fused rings is 1. The Kier molecular flexibility index (Phi) is 4.04. The van der Waals surface area contributed by atoms with E-state index < -0.39 is 0 Å². The van der Waals surface area contributed by atoms with E-state index >= 15 is 0 Å². The monoisotopic (exact) mass is 314 g/mol. The SMILES string of the molecule is CCc1ccc2c(c1)C(c1ccccc1Cl)=NC(=S)CN2. The standard InChI is InChI=1S/C17H15ClN2S/c1-2-11-7-8-15-13(9-11)17(20-16(21)10-19-15)12-5-3-4-6-14(12)18/h3-9,19H,2,10H2,1H3. The molecule has 0 amide bonds. The van der Waals surface area contributed by atoms with Gasteiger partial charge < -0.3 is 5.32 Å². The third-order valence-corrected chi connectivity index (χ3v) is 4.11. The van der Waals surface area contributed by atoms with Gasteiger partial charge in [-0.3, -0.25) is 0 Å². The fraction of sp³-hybridized carbons (Fsp3) is 0.176. The smallest absolute Gasteiger partial charge is 0.123 e. The molecule has 0 unspecified atom stereocenters. The topological polar surface area (TPSA) is 24.4 Å². The Labute approximate surface area is 134 Å². The van der Waals surface area contributed by atoms with Gasteiger partial charge in [0.2, 0.25) is 0 Å². The quantitative estimate of drug-likeness (QED) is 0.826. The lowest BCUT2D eigenvalue weighted by atomic mass is 9.98. The number of hydrogen-bond donors (Lipinski definition) is 1. The summed E-state index contributed by atoms with van der Waals surface area (Å²) >= 11 is 11.7. The van der Waals surface area contributed by atoms with Crippen LogP contribution in [0.25, 0.3) is 0 Å². The summed E-state index contributed by atoms with van der Waals surface area (Å²) in [6.07, 6.45) is 0.980. The summed E-state index contributed by atoms with van der Waals surface area (Å²) in [4.78, 5) is 5.26. The molecule has 1 N–H and O–H groups in total. The highest BCUT2D eigenvalue weighted by atomic mass is 35.5. The number of aryl methyl sites for hydroxylation is 1. The van der Waals surface area contributed by atoms with Gasteiger partial charge in [0.25, 0.3) is 0 Å². The Bertz CT molecular complexity index is 737. The molecule has 0 bridgehead atoms. The van der Waals surface area contributed by atoms with Crippen LogP contribution in [0.15, 0.2) is 47.5 Å². The Morgan fingerprint density at radius 3 is 2.76 bits per heavy atom. The van der Waals surface area contributed by atoms with E-state index in [1.807, 2.05) is 24.3 Å². The fourth-order valence-electron chi connectivity index (χ4n) is 2.42. The number of anilines is 1. The van der Waals surface area contributed by atoms with Crippen molar-refractivity contribution in [3.05, 3.63) is 64.2 Å². The van der Waals surface area contributed by atoms with Gasteiger partial charge in [-0.1, -0.05) is 55.0 Å². The van der Waals surface area contributed by atoms with E-state index in [9.17, 15) is 0 Å². The molecule has 1 heterocycles. The lowest BCUT2D eigenvalue weighted by molar-refractivity contribution is 1.14. The number of nitrogens with one attached hydrogen (secondary N) is 1. The second kappa shape index (κ2) is 5.96. The van der Waals surface area contributed by atoms with Gasteiger partial charge in [0.05, 0.1) is 12.3 Å². The van der Waals surface area contributed by atoms with Crippen LogP contribution in [0.5, 0.6) is 0 Å². The Hall–Kier alpha value is -1.71. The number of nitrogens with zero attached hydrogens (tertiary/aromatic N) is 1. The molecule has 1 aliphatic rings. The minimum Gasteiger partial charge on any atom is -0.378 e. The maximum Gasteiger partial charge on any atom is 0.123 e. The van der Waals surface area contributed by atoms with Gasteiger partial charge >= 0.3 is 0 Å². The van der Waals surface area contributed by atoms with Crippen molar-refractivity contribution in [3.63, 3.8) is 0 Å². The summed E-state index contributed by atoms with van der Waals surface area (Å²) < 4.78 is 0. The lowest BCUT2D eigenvalue weighted by Gasteiger charge is -2.12. The molecule has 2 nitrogen and oxygen atoms in total. The molecule has 0 radical (unpaired) electrons. The summed E-state index contributed by atoms with van der Waals surface area (Å²) in [7, 11) is 0.